The van der Waals surface area contributed by atoms with Gasteiger partial charge in [0.15, 0.2) is 0 Å². The Balaban J connectivity index is -0.0000000634. The molecule has 12 rings (SSSR count). The second kappa shape index (κ2) is 158. The molecule has 0 radical (unpaired) electrons. The third kappa shape index (κ3) is 152. The van der Waals surface area contributed by atoms with E-state index in [1.54, 1.807) is 18.7 Å². The summed E-state index contributed by atoms with van der Waals surface area (Å²) < 4.78 is 30.4. The van der Waals surface area contributed by atoms with Crippen molar-refractivity contribution in [1.82, 2.24) is 20.3 Å². The second-order valence-electron chi connectivity index (χ2n) is 18.0. The highest BCUT2D eigenvalue weighted by Gasteiger charge is 2.04. The molecule has 2 aromatic heterocycles. The fourth-order valence-electron chi connectivity index (χ4n) is 7.01. The van der Waals surface area contributed by atoms with Crippen molar-refractivity contribution in [3.05, 3.63) is 43.2 Å². The van der Waals surface area contributed by atoms with Crippen molar-refractivity contribution < 1.29 is 28.6 Å². The molecule has 10 fully saturated rings. The standard InChI is InChI=1S/C6H12.C5H11N.C5H10OS.2C5H10O.C5H10S.C5H10.C4H5N.C4H8O.C4H8.C3H4N2.C3H6O.12C2H6.H2O/c2*1-2-4-6-5-3-1;6-7-4-2-1-3-5-7;3*1-2-4-6-5-3-1;3*1-2-4-5-3-1;1-2-4-3-1;1-2-5-3-4-1;1-2-4-3-1;12*1-2;/h1-6H2;6H,1-5H2;1-5H2;3*1-5H2;1-5H2;1-5H;1-4H2;1-4H2;1-3H,(H,4,5);1-3H2;12*1-2H3;1H2. The van der Waals surface area contributed by atoms with Gasteiger partial charge in [0.2, 0.25) is 0 Å². The van der Waals surface area contributed by atoms with E-state index in [4.69, 9.17) is 18.9 Å². The number of hydrogen-bond donors (Lipinski definition) is 3. The molecule has 3 saturated carbocycles. The minimum Gasteiger partial charge on any atom is -0.412 e. The number of thioether (sulfide) groups is 1. The average Bonchev–Trinajstić information content (AvgIpc) is 4.55. The molecule has 0 aromatic carbocycles. The Hall–Kier alpha value is -1.25. The van der Waals surface area contributed by atoms with Crippen molar-refractivity contribution >= 4 is 22.6 Å². The fraction of sp³-hybridized carbons (Fsp3) is 0.910. The van der Waals surface area contributed by atoms with Crippen LogP contribution in [0.1, 0.15) is 378 Å². The Kier molecular flexibility index (Phi) is 208. The molecule has 12 heteroatoms. The fourth-order valence-corrected chi connectivity index (χ4v) is 9.29. The van der Waals surface area contributed by atoms with Crippen LogP contribution in [0.3, 0.4) is 0 Å². The van der Waals surface area contributed by atoms with Gasteiger partial charge in [-0.25, -0.2) is 4.98 Å². The summed E-state index contributed by atoms with van der Waals surface area (Å²) in [5.74, 6) is 4.75. The highest BCUT2D eigenvalue weighted by Crippen LogP contribution is 2.17. The number of aromatic nitrogens is 3. The summed E-state index contributed by atoms with van der Waals surface area (Å²) in [4.78, 5) is 9.28. The van der Waals surface area contributed by atoms with Crippen LogP contribution in [-0.2, 0) is 29.7 Å². The molecule has 3 aliphatic carbocycles. The Morgan fingerprint density at radius 2 is 0.544 bits per heavy atom. The topological polar surface area (TPSA) is 142 Å². The maximum absolute atomic E-state index is 10.6. The number of piperidine rings is 1. The van der Waals surface area contributed by atoms with Crippen molar-refractivity contribution in [2.75, 3.05) is 89.0 Å². The van der Waals surface area contributed by atoms with Crippen LogP contribution >= 0.6 is 11.8 Å². The van der Waals surface area contributed by atoms with E-state index < -0.39 is 10.8 Å². The third-order valence-electron chi connectivity index (χ3n) is 11.7. The van der Waals surface area contributed by atoms with Gasteiger partial charge >= 0.3 is 0 Å². The summed E-state index contributed by atoms with van der Waals surface area (Å²) in [7, 11) is -0.440. The van der Waals surface area contributed by atoms with Crippen LogP contribution in [0.4, 0.5) is 0 Å². The van der Waals surface area contributed by atoms with Crippen molar-refractivity contribution in [3.8, 4) is 0 Å². The van der Waals surface area contributed by atoms with E-state index in [9.17, 15) is 4.21 Å². The SMILES string of the molecule is C1CCC1.C1CCCC1.C1CCCCC1.C1CCNCC1.C1CCOC1.C1CCOCC1.C1CCOCC1.C1CCSCC1.C1COC1.CC.CC.CC.CC.CC.CC.CC.CC.CC.CC.CC.CC.O.O=S1CCCCC1.c1c[nH]cn1.c1cc[nH]c1. The molecule has 2 aromatic rings. The van der Waals surface area contributed by atoms with Crippen LogP contribution in [0, 0.1) is 0 Å². The maximum atomic E-state index is 10.6. The quantitative estimate of drug-likeness (QED) is 0.237. The van der Waals surface area contributed by atoms with Gasteiger partial charge in [-0.2, -0.15) is 11.8 Å². The molecule has 10 nitrogen and oxygen atoms in total. The molecule has 5 N–H and O–H groups in total. The number of H-pyrrole nitrogens is 2. The molecule has 0 unspecified atom stereocenters. The Labute approximate surface area is 578 Å². The van der Waals surface area contributed by atoms with Crippen LogP contribution in [0.5, 0.6) is 0 Å². The molecule has 9 heterocycles. The maximum Gasteiger partial charge on any atom is 0.0919 e. The lowest BCUT2D eigenvalue weighted by Gasteiger charge is -2.09. The summed E-state index contributed by atoms with van der Waals surface area (Å²) in [6, 6.07) is 3.89. The lowest BCUT2D eigenvalue weighted by Crippen LogP contribution is -2.21. The zero-order chi connectivity index (χ0) is 70.1. The Morgan fingerprint density at radius 1 is 0.300 bits per heavy atom. The van der Waals surface area contributed by atoms with E-state index >= 15 is 0 Å². The number of nitrogens with zero attached hydrogens (tertiary/aromatic N) is 1. The molecule has 7 saturated heterocycles. The Morgan fingerprint density at radius 3 is 0.644 bits per heavy atom. The highest BCUT2D eigenvalue weighted by molar-refractivity contribution is 7.99. The first-order valence-electron chi connectivity index (χ1n) is 39.3. The van der Waals surface area contributed by atoms with Gasteiger partial charge in [-0.05, 0) is 133 Å². The van der Waals surface area contributed by atoms with Gasteiger partial charge in [0.05, 0.1) is 6.33 Å². The third-order valence-corrected chi connectivity index (χ3v) is 14.4. The van der Waals surface area contributed by atoms with Gasteiger partial charge in [-0.3, -0.25) is 4.21 Å². The number of nitrogens with one attached hydrogen (secondary N) is 3. The molecule has 10 aliphatic rings. The molecule has 0 amide bonds. The zero-order valence-electron chi connectivity index (χ0n) is 66.6. The number of hydrogen-bond acceptors (Lipinski definition) is 8. The minimum atomic E-state index is -0.440. The van der Waals surface area contributed by atoms with E-state index in [1.165, 1.54) is 236 Å². The van der Waals surface area contributed by atoms with Crippen LogP contribution in [-0.4, -0.2) is 114 Å². The normalized spacial score (nSPS) is 16.4. The summed E-state index contributed by atoms with van der Waals surface area (Å²) >= 11 is 2.09. The van der Waals surface area contributed by atoms with Gasteiger partial charge < -0.3 is 39.7 Å². The average molecular weight is 1330 g/mol. The highest BCUT2D eigenvalue weighted by atomic mass is 32.2. The van der Waals surface area contributed by atoms with Crippen molar-refractivity contribution in [1.29, 1.82) is 0 Å². The van der Waals surface area contributed by atoms with Gasteiger partial charge in [-0.1, -0.05) is 282 Å². The van der Waals surface area contributed by atoms with E-state index in [2.05, 4.69) is 32.0 Å². The predicted molar refractivity (Wildman–Crippen MR) is 423 cm³/mol. The molecule has 0 bridgehead atoms. The molecule has 7 aliphatic heterocycles. The largest absolute Gasteiger partial charge is 0.412 e. The van der Waals surface area contributed by atoms with Crippen LogP contribution < -0.4 is 5.32 Å². The van der Waals surface area contributed by atoms with E-state index in [0.29, 0.717) is 0 Å². The summed E-state index contributed by atoms with van der Waals surface area (Å²) in [5, 5.41) is 3.28. The van der Waals surface area contributed by atoms with E-state index in [0.717, 1.165) is 64.4 Å². The van der Waals surface area contributed by atoms with Crippen LogP contribution in [0.15, 0.2) is 43.2 Å². The molecular weight excluding hydrogens is 1150 g/mol. The number of aromatic amines is 2. The first kappa shape index (κ1) is 119. The Bertz CT molecular complexity index is 837. The number of ether oxygens (including phenoxy) is 4. The monoisotopic (exact) mass is 1330 g/mol. The number of rotatable bonds is 0. The zero-order valence-corrected chi connectivity index (χ0v) is 68.2. The van der Waals surface area contributed by atoms with Crippen LogP contribution in [0.2, 0.25) is 0 Å². The second-order valence-corrected chi connectivity index (χ2v) is 20.9. The van der Waals surface area contributed by atoms with Crippen molar-refractivity contribution in [3.63, 3.8) is 0 Å². The van der Waals surface area contributed by atoms with Gasteiger partial charge in [-0.15, -0.1) is 0 Å². The van der Waals surface area contributed by atoms with E-state index in [1.807, 2.05) is 191 Å². The molecule has 0 atom stereocenters. The molecule has 90 heavy (non-hydrogen) atoms. The van der Waals surface area contributed by atoms with Crippen LogP contribution in [0.25, 0.3) is 0 Å². The molecular formula is C78H178N4O6S2. The van der Waals surface area contributed by atoms with Gasteiger partial charge in [0, 0.05) is 99.9 Å². The van der Waals surface area contributed by atoms with Gasteiger partial charge in [0.25, 0.3) is 0 Å². The lowest BCUT2D eigenvalue weighted by molar-refractivity contribution is 0.0367. The van der Waals surface area contributed by atoms with E-state index in [-0.39, 0.29) is 5.48 Å². The first-order chi connectivity index (χ1) is 44.4. The predicted octanol–water partition coefficient (Wildman–Crippen LogP) is 25.9. The summed E-state index contributed by atoms with van der Waals surface area (Å²) in [5.41, 5.74) is 0. The first-order valence-corrected chi connectivity index (χ1v) is 42.0. The number of imidazole rings is 1. The van der Waals surface area contributed by atoms with Crippen molar-refractivity contribution in [2.24, 2.45) is 0 Å². The summed E-state index contributed by atoms with van der Waals surface area (Å²) in [6.45, 7) is 58.5. The van der Waals surface area contributed by atoms with Gasteiger partial charge in [0.1, 0.15) is 0 Å². The molecule has 558 valence electrons. The summed E-state index contributed by atoms with van der Waals surface area (Å²) in [6.07, 6.45) is 55.3. The van der Waals surface area contributed by atoms with Crippen molar-refractivity contribution in [2.45, 2.75) is 378 Å². The minimum absolute atomic E-state index is 0. The lowest BCUT2D eigenvalue weighted by atomic mass is 10.0. The molecule has 0 spiro atoms. The smallest absolute Gasteiger partial charge is 0.0919 e.